The van der Waals surface area contributed by atoms with Gasteiger partial charge in [-0.15, -0.1) is 0 Å². The number of carbonyl (C=O) groups excluding carboxylic acids is 1. The molecule has 0 fully saturated rings. The molecule has 0 bridgehead atoms. The number of benzene rings is 2. The van der Waals surface area contributed by atoms with E-state index in [1.54, 1.807) is 49.4 Å². The van der Waals surface area contributed by atoms with Gasteiger partial charge in [0.1, 0.15) is 5.75 Å². The summed E-state index contributed by atoms with van der Waals surface area (Å²) in [5.41, 5.74) is 2.23. The first kappa shape index (κ1) is 25.3. The van der Waals surface area contributed by atoms with Crippen LogP contribution in [0.25, 0.3) is 0 Å². The molecule has 0 saturated carbocycles. The maximum atomic E-state index is 13.8. The van der Waals surface area contributed by atoms with Gasteiger partial charge in [0.15, 0.2) is 0 Å². The first-order valence-corrected chi connectivity index (χ1v) is 12.6. The lowest BCUT2D eigenvalue weighted by Crippen LogP contribution is -2.30. The Hall–Kier alpha value is -2.28. The Balaban J connectivity index is 2.07. The predicted octanol–water partition coefficient (Wildman–Crippen LogP) is 6.35. The summed E-state index contributed by atoms with van der Waals surface area (Å²) in [6.07, 6.45) is 2.01. The zero-order valence-corrected chi connectivity index (χ0v) is 21.4. The van der Waals surface area contributed by atoms with Crippen molar-refractivity contribution in [2.75, 3.05) is 13.7 Å². The Bertz CT molecular complexity index is 1130. The molecule has 0 aliphatic carbocycles. The Labute approximate surface area is 207 Å². The van der Waals surface area contributed by atoms with Crippen molar-refractivity contribution in [2.24, 2.45) is 0 Å². The minimum Gasteiger partial charge on any atom is -0.494 e. The summed E-state index contributed by atoms with van der Waals surface area (Å²) in [6.45, 7) is 6.35. The molecule has 1 aliphatic rings. The molecular formula is C25H27Cl2NO4S. The van der Waals surface area contributed by atoms with Crippen molar-refractivity contribution in [1.82, 2.24) is 5.32 Å². The number of allylic oxidation sites excluding steroid dienone is 3. The number of hydrogen-bond donors (Lipinski definition) is 1. The highest BCUT2D eigenvalue weighted by Gasteiger charge is 2.38. The molecule has 0 amide bonds. The number of esters is 1. The Morgan fingerprint density at radius 2 is 1.79 bits per heavy atom. The maximum absolute atomic E-state index is 13.8. The number of methoxy groups -OCH3 is 1. The fourth-order valence-corrected chi connectivity index (χ4v) is 5.60. The second-order valence-electron chi connectivity index (χ2n) is 7.66. The van der Waals surface area contributed by atoms with Crippen molar-refractivity contribution in [3.05, 3.63) is 79.9 Å². The molecule has 2 unspecified atom stereocenters. The van der Waals surface area contributed by atoms with Gasteiger partial charge < -0.3 is 14.8 Å². The van der Waals surface area contributed by atoms with Gasteiger partial charge in [0.05, 0.1) is 51.0 Å². The first-order valence-electron chi connectivity index (χ1n) is 10.7. The van der Waals surface area contributed by atoms with Crippen LogP contribution in [0.5, 0.6) is 5.75 Å². The highest BCUT2D eigenvalue weighted by Crippen LogP contribution is 2.45. The molecule has 2 aromatic carbocycles. The van der Waals surface area contributed by atoms with Crippen LogP contribution in [-0.2, 0) is 20.3 Å². The highest BCUT2D eigenvalue weighted by atomic mass is 35.5. The monoisotopic (exact) mass is 507 g/mol. The first-order chi connectivity index (χ1) is 15.8. The molecule has 1 aliphatic heterocycles. The van der Waals surface area contributed by atoms with E-state index in [1.807, 2.05) is 6.92 Å². The van der Waals surface area contributed by atoms with Crippen LogP contribution >= 0.6 is 23.2 Å². The summed E-state index contributed by atoms with van der Waals surface area (Å²) in [5.74, 6) is -0.494. The Kier molecular flexibility index (Phi) is 8.63. The normalized spacial score (nSPS) is 17.0. The van der Waals surface area contributed by atoms with Crippen LogP contribution < -0.4 is 10.1 Å². The molecule has 1 N–H and O–H groups in total. The lowest BCUT2D eigenvalue weighted by atomic mass is 9.86. The van der Waals surface area contributed by atoms with Crippen LogP contribution in [0, 0.1) is 0 Å². The second kappa shape index (κ2) is 11.2. The fourth-order valence-electron chi connectivity index (χ4n) is 3.76. The Morgan fingerprint density at radius 1 is 1.09 bits per heavy atom. The molecule has 3 rings (SSSR count). The van der Waals surface area contributed by atoms with Crippen LogP contribution in [0.3, 0.4) is 0 Å². The number of hydrogen-bond acceptors (Lipinski definition) is 5. The number of nitrogens with one attached hydrogen (secondary N) is 1. The molecule has 0 radical (unpaired) electrons. The van der Waals surface area contributed by atoms with Crippen LogP contribution in [0.2, 0.25) is 10.0 Å². The molecule has 5 nitrogen and oxygen atoms in total. The van der Waals surface area contributed by atoms with E-state index in [-0.39, 0.29) is 0 Å². The number of carbonyl (C=O) groups is 1. The summed E-state index contributed by atoms with van der Waals surface area (Å²) in [4.78, 5) is 13.9. The van der Waals surface area contributed by atoms with Crippen molar-refractivity contribution in [3.8, 4) is 5.75 Å². The molecule has 176 valence electrons. The number of rotatable bonds is 8. The zero-order valence-electron chi connectivity index (χ0n) is 19.0. The molecular weight excluding hydrogens is 481 g/mol. The number of halogens is 2. The summed E-state index contributed by atoms with van der Waals surface area (Å²) in [5, 5.41) is 3.85. The van der Waals surface area contributed by atoms with Gasteiger partial charge in [0.2, 0.25) is 0 Å². The minimum atomic E-state index is -1.60. The summed E-state index contributed by atoms with van der Waals surface area (Å²) >= 11 is 12.9. The number of ether oxygens (including phenoxy) is 2. The van der Waals surface area contributed by atoms with Crippen molar-refractivity contribution in [1.29, 1.82) is 0 Å². The van der Waals surface area contributed by atoms with E-state index in [1.165, 1.54) is 7.11 Å². The third-order valence-electron chi connectivity index (χ3n) is 5.40. The van der Waals surface area contributed by atoms with E-state index in [2.05, 4.69) is 12.2 Å². The molecule has 2 atom stereocenters. The van der Waals surface area contributed by atoms with Gasteiger partial charge in [0, 0.05) is 16.3 Å². The van der Waals surface area contributed by atoms with Crippen LogP contribution in [-0.4, -0.2) is 23.9 Å². The quantitative estimate of drug-likeness (QED) is 0.333. The van der Waals surface area contributed by atoms with Crippen LogP contribution in [0.1, 0.15) is 45.1 Å². The van der Waals surface area contributed by atoms with Gasteiger partial charge in [0.25, 0.3) is 0 Å². The summed E-state index contributed by atoms with van der Waals surface area (Å²) in [6, 6.07) is 12.4. The lowest BCUT2D eigenvalue weighted by Gasteiger charge is -2.31. The van der Waals surface area contributed by atoms with Crippen molar-refractivity contribution >= 4 is 40.0 Å². The molecule has 1 heterocycles. The lowest BCUT2D eigenvalue weighted by molar-refractivity contribution is -0.136. The summed E-state index contributed by atoms with van der Waals surface area (Å²) < 4.78 is 24.6. The molecule has 33 heavy (non-hydrogen) atoms. The van der Waals surface area contributed by atoms with Crippen molar-refractivity contribution in [3.63, 3.8) is 0 Å². The Morgan fingerprint density at radius 3 is 2.42 bits per heavy atom. The van der Waals surface area contributed by atoms with Gasteiger partial charge >= 0.3 is 5.97 Å². The second-order valence-corrected chi connectivity index (χ2v) is 9.90. The van der Waals surface area contributed by atoms with E-state index in [0.29, 0.717) is 49.0 Å². The molecule has 8 heteroatoms. The average Bonchev–Trinajstić information content (AvgIpc) is 2.80. The van der Waals surface area contributed by atoms with Gasteiger partial charge in [-0.2, -0.15) is 0 Å². The van der Waals surface area contributed by atoms with Crippen molar-refractivity contribution in [2.45, 2.75) is 44.4 Å². The van der Waals surface area contributed by atoms with E-state index in [0.717, 1.165) is 18.6 Å². The smallest absolute Gasteiger partial charge is 0.336 e. The average molecular weight is 508 g/mol. The molecule has 0 saturated heterocycles. The number of unbranched alkanes of at least 4 members (excludes halogenated alkanes) is 1. The van der Waals surface area contributed by atoms with Crippen molar-refractivity contribution < 1.29 is 18.5 Å². The molecule has 0 spiro atoms. The van der Waals surface area contributed by atoms with Gasteiger partial charge in [-0.3, -0.25) is 0 Å². The topological polar surface area (TPSA) is 64.6 Å². The SMILES string of the molecule is CCCCOc1ccc(S(=O)C2=C(C)NC(C)=C(C(=O)OC)C2c2cccc(Cl)c2Cl)cc1. The predicted molar refractivity (Wildman–Crippen MR) is 133 cm³/mol. The highest BCUT2D eigenvalue weighted by molar-refractivity contribution is 7.89. The molecule has 0 aromatic heterocycles. The third-order valence-corrected chi connectivity index (χ3v) is 7.88. The van der Waals surface area contributed by atoms with Gasteiger partial charge in [-0.25, -0.2) is 9.00 Å². The third kappa shape index (κ3) is 5.45. The van der Waals surface area contributed by atoms with Gasteiger partial charge in [-0.05, 0) is 56.2 Å². The fraction of sp³-hybridized carbons (Fsp3) is 0.320. The van der Waals surface area contributed by atoms with E-state index in [4.69, 9.17) is 32.7 Å². The largest absolute Gasteiger partial charge is 0.494 e. The summed E-state index contributed by atoms with van der Waals surface area (Å²) in [7, 11) is -0.279. The zero-order chi connectivity index (χ0) is 24.1. The number of dihydropyridines is 1. The van der Waals surface area contributed by atoms with E-state index < -0.39 is 22.7 Å². The van der Waals surface area contributed by atoms with E-state index >= 15 is 0 Å². The van der Waals surface area contributed by atoms with Crippen LogP contribution in [0.15, 0.2) is 69.2 Å². The van der Waals surface area contributed by atoms with E-state index in [9.17, 15) is 9.00 Å². The standard InChI is InChI=1S/C25H27Cl2NO4S/c1-5-6-14-32-17-10-12-18(13-11-17)33(30)24-16(3)28-15(2)21(25(29)31-4)22(24)19-8-7-9-20(26)23(19)27/h7-13,22,28H,5-6,14H2,1-4H3. The maximum Gasteiger partial charge on any atom is 0.336 e. The van der Waals surface area contributed by atoms with Gasteiger partial charge in [-0.1, -0.05) is 48.7 Å². The minimum absolute atomic E-state index is 0.308. The molecule has 2 aromatic rings. The van der Waals surface area contributed by atoms with Crippen LogP contribution in [0.4, 0.5) is 0 Å².